The van der Waals surface area contributed by atoms with Gasteiger partial charge in [0.25, 0.3) is 0 Å². The largest absolute Gasteiger partial charge is 0.380 e. The molecular formula is C16H36N2O2. The number of rotatable bonds is 12. The summed E-state index contributed by atoms with van der Waals surface area (Å²) in [4.78, 5) is 4.69. The lowest BCUT2D eigenvalue weighted by molar-refractivity contribution is -0.0114. The van der Waals surface area contributed by atoms with Crippen molar-refractivity contribution in [3.05, 3.63) is 0 Å². The van der Waals surface area contributed by atoms with Crippen LogP contribution in [0.15, 0.2) is 0 Å². The number of ether oxygens (including phenoxy) is 2. The highest BCUT2D eigenvalue weighted by Crippen LogP contribution is 2.05. The van der Waals surface area contributed by atoms with Gasteiger partial charge in [0, 0.05) is 26.2 Å². The Morgan fingerprint density at radius 2 is 1.50 bits per heavy atom. The fraction of sp³-hybridized carbons (Fsp3) is 1.00. The highest BCUT2D eigenvalue weighted by atomic mass is 16.5. The molecule has 0 radical (unpaired) electrons. The van der Waals surface area contributed by atoms with Crippen LogP contribution in [0.4, 0.5) is 0 Å². The molecule has 20 heavy (non-hydrogen) atoms. The van der Waals surface area contributed by atoms with Crippen LogP contribution in [0.2, 0.25) is 0 Å². The van der Waals surface area contributed by atoms with Gasteiger partial charge in [-0.3, -0.25) is 0 Å². The van der Waals surface area contributed by atoms with Crippen LogP contribution < -0.4 is 0 Å². The molecule has 0 fully saturated rings. The maximum atomic E-state index is 5.72. The fourth-order valence-corrected chi connectivity index (χ4v) is 1.89. The van der Waals surface area contributed by atoms with Crippen molar-refractivity contribution < 1.29 is 9.47 Å². The molecule has 0 N–H and O–H groups in total. The number of likely N-dealkylation sites (N-methyl/N-ethyl adjacent to an activating group) is 2. The molecule has 4 heteroatoms. The van der Waals surface area contributed by atoms with Gasteiger partial charge in [-0.25, -0.2) is 0 Å². The van der Waals surface area contributed by atoms with Crippen molar-refractivity contribution in [2.24, 2.45) is 0 Å². The minimum Gasteiger partial charge on any atom is -0.380 e. The van der Waals surface area contributed by atoms with Crippen molar-refractivity contribution in [3.63, 3.8) is 0 Å². The summed E-state index contributed by atoms with van der Waals surface area (Å²) in [5.41, 5.74) is -0.0334. The third kappa shape index (κ3) is 12.9. The molecule has 4 nitrogen and oxygen atoms in total. The Morgan fingerprint density at radius 3 is 2.05 bits per heavy atom. The second-order valence-corrected chi connectivity index (χ2v) is 6.26. The smallest absolute Gasteiger partial charge is 0.0600 e. The molecule has 0 saturated carbocycles. The monoisotopic (exact) mass is 288 g/mol. The van der Waals surface area contributed by atoms with E-state index < -0.39 is 0 Å². The predicted molar refractivity (Wildman–Crippen MR) is 86.4 cm³/mol. The van der Waals surface area contributed by atoms with E-state index in [0.29, 0.717) is 0 Å². The van der Waals surface area contributed by atoms with E-state index in [0.717, 1.165) is 59.0 Å². The zero-order chi connectivity index (χ0) is 15.4. The first-order chi connectivity index (χ1) is 9.39. The van der Waals surface area contributed by atoms with Crippen molar-refractivity contribution >= 4 is 0 Å². The molecule has 0 unspecified atom stereocenters. The zero-order valence-electron chi connectivity index (χ0n) is 14.6. The Labute approximate surface area is 126 Å². The van der Waals surface area contributed by atoms with Gasteiger partial charge in [0.1, 0.15) is 0 Å². The van der Waals surface area contributed by atoms with E-state index in [9.17, 15) is 0 Å². The van der Waals surface area contributed by atoms with Gasteiger partial charge < -0.3 is 19.3 Å². The van der Waals surface area contributed by atoms with Gasteiger partial charge in [-0.05, 0) is 47.3 Å². The molecule has 0 aliphatic heterocycles. The summed E-state index contributed by atoms with van der Waals surface area (Å²) in [5.74, 6) is 0. The molecule has 0 aliphatic rings. The topological polar surface area (TPSA) is 24.9 Å². The highest BCUT2D eigenvalue weighted by Gasteiger charge is 2.09. The third-order valence-electron chi connectivity index (χ3n) is 3.28. The van der Waals surface area contributed by atoms with Gasteiger partial charge in [0.2, 0.25) is 0 Å². The second-order valence-electron chi connectivity index (χ2n) is 6.26. The highest BCUT2D eigenvalue weighted by molar-refractivity contribution is 4.60. The predicted octanol–water partition coefficient (Wildman–Crippen LogP) is 2.48. The lowest BCUT2D eigenvalue weighted by atomic mass is 10.2. The Balaban J connectivity index is 3.37. The lowest BCUT2D eigenvalue weighted by Crippen LogP contribution is -2.29. The van der Waals surface area contributed by atoms with Crippen molar-refractivity contribution in [1.29, 1.82) is 0 Å². The van der Waals surface area contributed by atoms with Gasteiger partial charge in [-0.15, -0.1) is 0 Å². The van der Waals surface area contributed by atoms with Gasteiger partial charge in [-0.1, -0.05) is 13.8 Å². The molecule has 0 rings (SSSR count). The van der Waals surface area contributed by atoms with E-state index in [2.05, 4.69) is 51.5 Å². The van der Waals surface area contributed by atoms with Crippen LogP contribution in [0.25, 0.3) is 0 Å². The van der Waals surface area contributed by atoms with Crippen LogP contribution in [-0.2, 0) is 9.47 Å². The van der Waals surface area contributed by atoms with E-state index in [1.54, 1.807) is 0 Å². The summed E-state index contributed by atoms with van der Waals surface area (Å²) in [6.45, 7) is 18.5. The first-order valence-corrected chi connectivity index (χ1v) is 8.01. The van der Waals surface area contributed by atoms with Crippen LogP contribution in [0, 0.1) is 0 Å². The summed E-state index contributed by atoms with van der Waals surface area (Å²) in [5, 5.41) is 0. The zero-order valence-corrected chi connectivity index (χ0v) is 14.6. The molecule has 0 aromatic rings. The second kappa shape index (κ2) is 11.5. The molecule has 122 valence electrons. The minimum atomic E-state index is -0.0334. The van der Waals surface area contributed by atoms with E-state index in [4.69, 9.17) is 9.47 Å². The summed E-state index contributed by atoms with van der Waals surface area (Å²) in [6, 6.07) is 0. The molecule has 0 heterocycles. The lowest BCUT2D eigenvalue weighted by Gasteiger charge is -2.22. The Bertz CT molecular complexity index is 213. The van der Waals surface area contributed by atoms with E-state index in [-0.39, 0.29) is 5.60 Å². The van der Waals surface area contributed by atoms with Crippen LogP contribution in [0.5, 0.6) is 0 Å². The standard InChI is InChI=1S/C16H36N2O2/c1-7-18(8-2)12-14-19-13-9-10-17(6)11-15-20-16(3,4)5/h7-15H2,1-6H3. The maximum absolute atomic E-state index is 5.72. The number of hydrogen-bond acceptors (Lipinski definition) is 4. The van der Waals surface area contributed by atoms with Gasteiger partial charge in [-0.2, -0.15) is 0 Å². The van der Waals surface area contributed by atoms with Crippen LogP contribution >= 0.6 is 0 Å². The summed E-state index contributed by atoms with van der Waals surface area (Å²) < 4.78 is 11.4. The first kappa shape index (κ1) is 19.8. The minimum absolute atomic E-state index is 0.0334. The van der Waals surface area contributed by atoms with Crippen molar-refractivity contribution in [2.45, 2.75) is 46.6 Å². The molecule has 0 spiro atoms. The van der Waals surface area contributed by atoms with E-state index in [1.807, 2.05) is 0 Å². The van der Waals surface area contributed by atoms with Crippen LogP contribution in [0.3, 0.4) is 0 Å². The molecular weight excluding hydrogens is 252 g/mol. The molecule has 0 bridgehead atoms. The normalized spacial score (nSPS) is 12.6. The van der Waals surface area contributed by atoms with Crippen molar-refractivity contribution in [1.82, 2.24) is 9.80 Å². The molecule has 0 saturated heterocycles. The third-order valence-corrected chi connectivity index (χ3v) is 3.28. The Kier molecular flexibility index (Phi) is 11.4. The Hall–Kier alpha value is -0.160. The molecule has 0 aromatic carbocycles. The summed E-state index contributed by atoms with van der Waals surface area (Å²) >= 11 is 0. The first-order valence-electron chi connectivity index (χ1n) is 8.01. The molecule has 0 atom stereocenters. The van der Waals surface area contributed by atoms with Crippen LogP contribution in [0.1, 0.15) is 41.0 Å². The van der Waals surface area contributed by atoms with Gasteiger partial charge in [0.05, 0.1) is 18.8 Å². The van der Waals surface area contributed by atoms with Crippen molar-refractivity contribution in [2.75, 3.05) is 59.6 Å². The van der Waals surface area contributed by atoms with E-state index >= 15 is 0 Å². The maximum Gasteiger partial charge on any atom is 0.0600 e. The van der Waals surface area contributed by atoms with E-state index in [1.165, 1.54) is 0 Å². The summed E-state index contributed by atoms with van der Waals surface area (Å²) in [7, 11) is 2.14. The SMILES string of the molecule is CCN(CC)CCOCCCN(C)CCOC(C)(C)C. The number of hydrogen-bond donors (Lipinski definition) is 0. The fourth-order valence-electron chi connectivity index (χ4n) is 1.89. The molecule has 0 amide bonds. The van der Waals surface area contributed by atoms with Gasteiger partial charge >= 0.3 is 0 Å². The quantitative estimate of drug-likeness (QED) is 0.515. The number of nitrogens with zero attached hydrogens (tertiary/aromatic N) is 2. The van der Waals surface area contributed by atoms with Crippen molar-refractivity contribution in [3.8, 4) is 0 Å². The summed E-state index contributed by atoms with van der Waals surface area (Å²) in [6.07, 6.45) is 1.09. The average Bonchev–Trinajstić information content (AvgIpc) is 2.36. The van der Waals surface area contributed by atoms with Gasteiger partial charge in [0.15, 0.2) is 0 Å². The Morgan fingerprint density at radius 1 is 0.850 bits per heavy atom. The molecule has 0 aromatic heterocycles. The average molecular weight is 288 g/mol. The van der Waals surface area contributed by atoms with Crippen LogP contribution in [-0.4, -0.2) is 75.0 Å². The molecule has 0 aliphatic carbocycles.